The molecule has 0 amide bonds. The SMILES string of the molecule is Nc1nnc(-c2cnc(C(F)(F)F)s2)c2ccccc12. The highest BCUT2D eigenvalue weighted by atomic mass is 32.1. The van der Waals surface area contributed by atoms with E-state index in [-0.39, 0.29) is 5.82 Å². The highest BCUT2D eigenvalue weighted by Crippen LogP contribution is 2.37. The van der Waals surface area contributed by atoms with Crippen molar-refractivity contribution in [2.45, 2.75) is 6.18 Å². The number of anilines is 1. The molecule has 0 saturated heterocycles. The molecule has 4 nitrogen and oxygen atoms in total. The zero-order valence-corrected chi connectivity index (χ0v) is 10.7. The van der Waals surface area contributed by atoms with Crippen LogP contribution in [0.5, 0.6) is 0 Å². The Morgan fingerprint density at radius 1 is 1.05 bits per heavy atom. The van der Waals surface area contributed by atoms with Crippen LogP contribution in [0.15, 0.2) is 30.5 Å². The number of halogens is 3. The number of nitrogens with zero attached hydrogens (tertiary/aromatic N) is 3. The lowest BCUT2D eigenvalue weighted by Gasteiger charge is -2.04. The van der Waals surface area contributed by atoms with Crippen molar-refractivity contribution < 1.29 is 13.2 Å². The van der Waals surface area contributed by atoms with Gasteiger partial charge in [0, 0.05) is 17.0 Å². The van der Waals surface area contributed by atoms with Crippen molar-refractivity contribution in [1.82, 2.24) is 15.2 Å². The summed E-state index contributed by atoms with van der Waals surface area (Å²) < 4.78 is 37.8. The highest BCUT2D eigenvalue weighted by molar-refractivity contribution is 7.15. The molecule has 0 aliphatic carbocycles. The molecule has 102 valence electrons. The van der Waals surface area contributed by atoms with E-state index in [1.54, 1.807) is 24.3 Å². The molecule has 3 aromatic rings. The average Bonchev–Trinajstić information content (AvgIpc) is 2.89. The van der Waals surface area contributed by atoms with Gasteiger partial charge >= 0.3 is 6.18 Å². The number of aromatic nitrogens is 3. The number of benzene rings is 1. The molecule has 0 aliphatic heterocycles. The van der Waals surface area contributed by atoms with E-state index in [1.807, 2.05) is 0 Å². The summed E-state index contributed by atoms with van der Waals surface area (Å²) in [4.78, 5) is 3.69. The van der Waals surface area contributed by atoms with E-state index < -0.39 is 11.2 Å². The predicted molar refractivity (Wildman–Crippen MR) is 70.1 cm³/mol. The first-order chi connectivity index (χ1) is 9.47. The van der Waals surface area contributed by atoms with Gasteiger partial charge in [-0.25, -0.2) is 4.98 Å². The van der Waals surface area contributed by atoms with Crippen LogP contribution in [0.2, 0.25) is 0 Å². The third-order valence-corrected chi connectivity index (χ3v) is 3.75. The van der Waals surface area contributed by atoms with Crippen LogP contribution in [0.1, 0.15) is 5.01 Å². The third kappa shape index (κ3) is 2.07. The van der Waals surface area contributed by atoms with Crippen LogP contribution in [-0.4, -0.2) is 15.2 Å². The second-order valence-electron chi connectivity index (χ2n) is 4.01. The van der Waals surface area contributed by atoms with Crippen LogP contribution in [0.4, 0.5) is 19.0 Å². The first kappa shape index (κ1) is 12.8. The number of fused-ring (bicyclic) bond motifs is 1. The lowest BCUT2D eigenvalue weighted by atomic mass is 10.1. The summed E-state index contributed by atoms with van der Waals surface area (Å²) in [6, 6.07) is 7.02. The van der Waals surface area contributed by atoms with Gasteiger partial charge in [-0.15, -0.1) is 21.5 Å². The van der Waals surface area contributed by atoms with E-state index in [1.165, 1.54) is 0 Å². The number of hydrogen-bond acceptors (Lipinski definition) is 5. The molecule has 2 aromatic heterocycles. The van der Waals surface area contributed by atoms with E-state index in [4.69, 9.17) is 5.73 Å². The minimum atomic E-state index is -4.46. The van der Waals surface area contributed by atoms with Gasteiger partial charge in [-0.05, 0) is 0 Å². The predicted octanol–water partition coefficient (Wildman–Crippen LogP) is 3.35. The fourth-order valence-corrected chi connectivity index (χ4v) is 2.60. The van der Waals surface area contributed by atoms with Gasteiger partial charge in [0.25, 0.3) is 0 Å². The van der Waals surface area contributed by atoms with Crippen molar-refractivity contribution in [2.24, 2.45) is 0 Å². The van der Waals surface area contributed by atoms with E-state index in [0.717, 1.165) is 6.20 Å². The molecule has 0 bridgehead atoms. The third-order valence-electron chi connectivity index (χ3n) is 2.70. The van der Waals surface area contributed by atoms with Crippen molar-refractivity contribution in [3.05, 3.63) is 35.5 Å². The van der Waals surface area contributed by atoms with Gasteiger partial charge in [0.2, 0.25) is 0 Å². The van der Waals surface area contributed by atoms with Gasteiger partial charge in [0.1, 0.15) is 5.69 Å². The Bertz CT molecular complexity index is 782. The van der Waals surface area contributed by atoms with Crippen LogP contribution in [0.25, 0.3) is 21.3 Å². The molecule has 0 unspecified atom stereocenters. The highest BCUT2D eigenvalue weighted by Gasteiger charge is 2.35. The van der Waals surface area contributed by atoms with Gasteiger partial charge < -0.3 is 5.73 Å². The van der Waals surface area contributed by atoms with Crippen LogP contribution in [0, 0.1) is 0 Å². The van der Waals surface area contributed by atoms with Crippen LogP contribution in [-0.2, 0) is 6.18 Å². The van der Waals surface area contributed by atoms with Gasteiger partial charge in [-0.2, -0.15) is 13.2 Å². The zero-order valence-electron chi connectivity index (χ0n) is 9.85. The van der Waals surface area contributed by atoms with Gasteiger partial charge in [0.05, 0.1) is 4.88 Å². The van der Waals surface area contributed by atoms with Gasteiger partial charge in [-0.1, -0.05) is 24.3 Å². The molecule has 2 N–H and O–H groups in total. The molecule has 0 atom stereocenters. The maximum atomic E-state index is 12.6. The quantitative estimate of drug-likeness (QED) is 0.748. The number of alkyl halides is 3. The molecule has 0 saturated carbocycles. The molecular weight excluding hydrogens is 289 g/mol. The summed E-state index contributed by atoms with van der Waals surface area (Å²) in [5.74, 6) is 0.241. The summed E-state index contributed by atoms with van der Waals surface area (Å²) in [6.07, 6.45) is -3.31. The van der Waals surface area contributed by atoms with Crippen LogP contribution >= 0.6 is 11.3 Å². The summed E-state index contributed by atoms with van der Waals surface area (Å²) >= 11 is 0.534. The van der Waals surface area contributed by atoms with Gasteiger partial charge in [0.15, 0.2) is 10.8 Å². The first-order valence-electron chi connectivity index (χ1n) is 5.51. The molecule has 0 aliphatic rings. The number of rotatable bonds is 1. The Balaban J connectivity index is 2.20. The van der Waals surface area contributed by atoms with Crippen molar-refractivity contribution in [1.29, 1.82) is 0 Å². The summed E-state index contributed by atoms with van der Waals surface area (Å²) in [5.41, 5.74) is 6.06. The van der Waals surface area contributed by atoms with E-state index in [2.05, 4.69) is 15.2 Å². The fourth-order valence-electron chi connectivity index (χ4n) is 1.82. The van der Waals surface area contributed by atoms with Crippen LogP contribution < -0.4 is 5.73 Å². The normalized spacial score (nSPS) is 11.9. The molecule has 0 radical (unpaired) electrons. The average molecular weight is 296 g/mol. The molecular formula is C12H7F3N4S. The molecule has 2 heterocycles. The largest absolute Gasteiger partial charge is 0.443 e. The maximum absolute atomic E-state index is 12.6. The monoisotopic (exact) mass is 296 g/mol. The Kier molecular flexibility index (Phi) is 2.82. The lowest BCUT2D eigenvalue weighted by Crippen LogP contribution is -2.02. The van der Waals surface area contributed by atoms with Gasteiger partial charge in [-0.3, -0.25) is 0 Å². The molecule has 8 heteroatoms. The summed E-state index contributed by atoms with van der Waals surface area (Å²) in [7, 11) is 0. The number of nitrogens with two attached hydrogens (primary N) is 1. The standard InChI is InChI=1S/C12H7F3N4S/c13-12(14,15)11-17-5-8(20-11)9-6-3-1-2-4-7(6)10(16)19-18-9/h1-5H,(H2,16,19). The minimum absolute atomic E-state index is 0.241. The molecule has 20 heavy (non-hydrogen) atoms. The molecule has 1 aromatic carbocycles. The topological polar surface area (TPSA) is 64.7 Å². The lowest BCUT2D eigenvalue weighted by molar-refractivity contribution is -0.137. The minimum Gasteiger partial charge on any atom is -0.382 e. The fraction of sp³-hybridized carbons (Fsp3) is 0.0833. The van der Waals surface area contributed by atoms with E-state index in [0.29, 0.717) is 32.7 Å². The first-order valence-corrected chi connectivity index (χ1v) is 6.33. The number of nitrogen functional groups attached to an aromatic ring is 1. The smallest absolute Gasteiger partial charge is 0.382 e. The van der Waals surface area contributed by atoms with E-state index >= 15 is 0 Å². The van der Waals surface area contributed by atoms with Crippen molar-refractivity contribution in [2.75, 3.05) is 5.73 Å². The Hall–Kier alpha value is -2.22. The Morgan fingerprint density at radius 3 is 2.40 bits per heavy atom. The van der Waals surface area contributed by atoms with Crippen molar-refractivity contribution in [3.63, 3.8) is 0 Å². The van der Waals surface area contributed by atoms with Crippen molar-refractivity contribution in [3.8, 4) is 10.6 Å². The molecule has 0 spiro atoms. The second-order valence-corrected chi connectivity index (χ2v) is 5.04. The van der Waals surface area contributed by atoms with Crippen LogP contribution in [0.3, 0.4) is 0 Å². The number of hydrogen-bond donors (Lipinski definition) is 1. The van der Waals surface area contributed by atoms with E-state index in [9.17, 15) is 13.2 Å². The molecule has 0 fully saturated rings. The Morgan fingerprint density at radius 2 is 1.75 bits per heavy atom. The zero-order chi connectivity index (χ0) is 14.3. The Labute approximate surface area is 115 Å². The summed E-state index contributed by atoms with van der Waals surface area (Å²) in [6.45, 7) is 0. The van der Waals surface area contributed by atoms with Crippen molar-refractivity contribution >= 4 is 27.9 Å². The second kappa shape index (κ2) is 4.41. The number of thiazole rings is 1. The summed E-state index contributed by atoms with van der Waals surface area (Å²) in [5, 5.41) is 8.08. The molecule has 3 rings (SSSR count). The maximum Gasteiger partial charge on any atom is 0.443 e.